The van der Waals surface area contributed by atoms with E-state index in [1.54, 1.807) is 6.92 Å². The van der Waals surface area contributed by atoms with E-state index >= 15 is 0 Å². The average Bonchev–Trinajstić information content (AvgIpc) is 2.65. The maximum atomic E-state index is 11.3. The molecular formula is C22H26O3. The average molecular weight is 338 g/mol. The first kappa shape index (κ1) is 17.5. The summed E-state index contributed by atoms with van der Waals surface area (Å²) in [6, 6.07) is 12.9. The topological polar surface area (TPSA) is 35.5 Å². The fourth-order valence-corrected chi connectivity index (χ4v) is 3.44. The fourth-order valence-electron chi connectivity index (χ4n) is 3.44. The van der Waals surface area contributed by atoms with Crippen LogP contribution in [0.4, 0.5) is 0 Å². The Hall–Kier alpha value is -2.29. The summed E-state index contributed by atoms with van der Waals surface area (Å²) in [6.45, 7) is 5.75. The van der Waals surface area contributed by atoms with Crippen molar-refractivity contribution in [1.29, 1.82) is 0 Å². The van der Waals surface area contributed by atoms with Crippen molar-refractivity contribution < 1.29 is 14.3 Å². The van der Waals surface area contributed by atoms with Gasteiger partial charge in [0.2, 0.25) is 0 Å². The van der Waals surface area contributed by atoms with Crippen molar-refractivity contribution in [2.45, 2.75) is 44.9 Å². The molecular weight excluding hydrogens is 312 g/mol. The van der Waals surface area contributed by atoms with Gasteiger partial charge in [-0.25, -0.2) is 4.79 Å². The zero-order valence-electron chi connectivity index (χ0n) is 14.9. The highest BCUT2D eigenvalue weighted by Crippen LogP contribution is 2.34. The lowest BCUT2D eigenvalue weighted by atomic mass is 9.83. The molecule has 1 saturated carbocycles. The molecule has 0 spiro atoms. The van der Waals surface area contributed by atoms with Crippen LogP contribution in [-0.4, -0.2) is 19.2 Å². The molecule has 0 heterocycles. The maximum absolute atomic E-state index is 11.3. The van der Waals surface area contributed by atoms with Gasteiger partial charge in [0, 0.05) is 5.57 Å². The fraction of sp³-hybridized carbons (Fsp3) is 0.409. The van der Waals surface area contributed by atoms with Crippen LogP contribution in [0.2, 0.25) is 0 Å². The largest absolute Gasteiger partial charge is 0.490 e. The Kier molecular flexibility index (Phi) is 5.75. The van der Waals surface area contributed by atoms with E-state index in [4.69, 9.17) is 9.47 Å². The second kappa shape index (κ2) is 8.19. The first-order valence-corrected chi connectivity index (χ1v) is 9.12. The third kappa shape index (κ3) is 4.62. The molecule has 1 fully saturated rings. The van der Waals surface area contributed by atoms with Gasteiger partial charge < -0.3 is 9.47 Å². The second-order valence-electron chi connectivity index (χ2n) is 6.87. The van der Waals surface area contributed by atoms with E-state index in [2.05, 4.69) is 30.8 Å². The van der Waals surface area contributed by atoms with Gasteiger partial charge in [-0.15, -0.1) is 0 Å². The molecule has 3 nitrogen and oxygen atoms in total. The number of esters is 1. The summed E-state index contributed by atoms with van der Waals surface area (Å²) in [7, 11) is 0. The lowest BCUT2D eigenvalue weighted by Crippen LogP contribution is -2.12. The van der Waals surface area contributed by atoms with Gasteiger partial charge >= 0.3 is 5.97 Å². The molecule has 1 aliphatic carbocycles. The highest BCUT2D eigenvalue weighted by atomic mass is 16.6. The van der Waals surface area contributed by atoms with Crippen molar-refractivity contribution >= 4 is 16.7 Å². The van der Waals surface area contributed by atoms with Gasteiger partial charge in [0.1, 0.15) is 19.0 Å². The summed E-state index contributed by atoms with van der Waals surface area (Å²) in [5.74, 6) is 1.14. The molecule has 3 rings (SSSR count). The van der Waals surface area contributed by atoms with Crippen LogP contribution in [0.1, 0.15) is 50.5 Å². The number of rotatable bonds is 6. The van der Waals surface area contributed by atoms with Crippen molar-refractivity contribution in [1.82, 2.24) is 0 Å². The van der Waals surface area contributed by atoms with Gasteiger partial charge in [-0.3, -0.25) is 0 Å². The minimum absolute atomic E-state index is 0.227. The molecule has 0 atom stereocenters. The van der Waals surface area contributed by atoms with Gasteiger partial charge in [-0.2, -0.15) is 0 Å². The lowest BCUT2D eigenvalue weighted by molar-refractivity contribution is -0.139. The Labute approximate surface area is 149 Å². The first-order valence-electron chi connectivity index (χ1n) is 9.12. The molecule has 1 aliphatic rings. The number of benzene rings is 2. The molecule has 3 heteroatoms. The lowest BCUT2D eigenvalue weighted by Gasteiger charge is -2.22. The molecule has 0 unspecified atom stereocenters. The number of carbonyl (C=O) groups excluding carboxylic acids is 1. The van der Waals surface area contributed by atoms with Crippen molar-refractivity contribution in [3.8, 4) is 5.75 Å². The van der Waals surface area contributed by atoms with Gasteiger partial charge in [-0.1, -0.05) is 50.1 Å². The normalized spacial score (nSPS) is 15.1. The third-order valence-electron chi connectivity index (χ3n) is 4.85. The highest BCUT2D eigenvalue weighted by Gasteiger charge is 2.15. The number of hydrogen-bond donors (Lipinski definition) is 0. The molecule has 0 saturated heterocycles. The van der Waals surface area contributed by atoms with E-state index in [1.807, 2.05) is 12.1 Å². The monoisotopic (exact) mass is 338 g/mol. The second-order valence-corrected chi connectivity index (χ2v) is 6.87. The third-order valence-corrected chi connectivity index (χ3v) is 4.85. The molecule has 0 amide bonds. The summed E-state index contributed by atoms with van der Waals surface area (Å²) in [4.78, 5) is 11.3. The van der Waals surface area contributed by atoms with Crippen LogP contribution in [0.3, 0.4) is 0 Å². The minimum atomic E-state index is -0.377. The summed E-state index contributed by atoms with van der Waals surface area (Å²) < 4.78 is 10.7. The highest BCUT2D eigenvalue weighted by molar-refractivity contribution is 5.87. The van der Waals surface area contributed by atoms with Crippen LogP contribution in [-0.2, 0) is 9.53 Å². The Morgan fingerprint density at radius 2 is 1.76 bits per heavy atom. The van der Waals surface area contributed by atoms with Crippen molar-refractivity contribution in [2.24, 2.45) is 0 Å². The zero-order chi connectivity index (χ0) is 17.6. The van der Waals surface area contributed by atoms with Gasteiger partial charge in [0.25, 0.3) is 0 Å². The zero-order valence-corrected chi connectivity index (χ0v) is 14.9. The van der Waals surface area contributed by atoms with Crippen LogP contribution in [0, 0.1) is 0 Å². The standard InChI is InChI=1S/C22H26O3/c1-16(2)22(23)25-13-12-24-21-11-10-19-14-18(8-9-20(19)15-21)17-6-4-3-5-7-17/h8-11,14-15,17H,1,3-7,12-13H2,2H3. The van der Waals surface area contributed by atoms with Crippen LogP contribution in [0.15, 0.2) is 48.6 Å². The smallest absolute Gasteiger partial charge is 0.333 e. The van der Waals surface area contributed by atoms with E-state index in [0.717, 1.165) is 11.7 Å². The Balaban J connectivity index is 1.60. The number of fused-ring (bicyclic) bond motifs is 1. The minimum Gasteiger partial charge on any atom is -0.490 e. The molecule has 0 aromatic heterocycles. The van der Waals surface area contributed by atoms with Crippen LogP contribution >= 0.6 is 0 Å². The Bertz CT molecular complexity index is 757. The predicted octanol–water partition coefficient (Wildman–Crippen LogP) is 5.39. The molecule has 0 N–H and O–H groups in total. The quantitative estimate of drug-likeness (QED) is 0.403. The van der Waals surface area contributed by atoms with Crippen LogP contribution in [0.5, 0.6) is 5.75 Å². The van der Waals surface area contributed by atoms with E-state index in [1.165, 1.54) is 48.4 Å². The predicted molar refractivity (Wildman–Crippen MR) is 101 cm³/mol. The summed E-state index contributed by atoms with van der Waals surface area (Å²) >= 11 is 0. The van der Waals surface area contributed by atoms with Gasteiger partial charge in [-0.05, 0) is 54.2 Å². The van der Waals surface area contributed by atoms with Crippen molar-refractivity contribution in [2.75, 3.05) is 13.2 Å². The number of ether oxygens (including phenoxy) is 2. The van der Waals surface area contributed by atoms with Crippen molar-refractivity contribution in [3.63, 3.8) is 0 Å². The number of hydrogen-bond acceptors (Lipinski definition) is 3. The van der Waals surface area contributed by atoms with Crippen LogP contribution < -0.4 is 4.74 Å². The first-order chi connectivity index (χ1) is 12.1. The summed E-state index contributed by atoms with van der Waals surface area (Å²) in [6.07, 6.45) is 6.72. The maximum Gasteiger partial charge on any atom is 0.333 e. The van der Waals surface area contributed by atoms with E-state index < -0.39 is 0 Å². The van der Waals surface area contributed by atoms with Crippen LogP contribution in [0.25, 0.3) is 10.8 Å². The Morgan fingerprint density at radius 3 is 2.52 bits per heavy atom. The molecule has 132 valence electrons. The molecule has 2 aromatic carbocycles. The van der Waals surface area contributed by atoms with E-state index in [9.17, 15) is 4.79 Å². The molecule has 0 radical (unpaired) electrons. The van der Waals surface area contributed by atoms with Gasteiger partial charge in [0.05, 0.1) is 0 Å². The Morgan fingerprint density at radius 1 is 1.04 bits per heavy atom. The van der Waals surface area contributed by atoms with Gasteiger partial charge in [0.15, 0.2) is 0 Å². The van der Waals surface area contributed by atoms with E-state index in [0.29, 0.717) is 12.2 Å². The molecule has 2 aromatic rings. The summed E-state index contributed by atoms with van der Waals surface area (Å²) in [5, 5.41) is 2.43. The molecule has 25 heavy (non-hydrogen) atoms. The summed E-state index contributed by atoms with van der Waals surface area (Å²) in [5.41, 5.74) is 1.87. The van der Waals surface area contributed by atoms with E-state index in [-0.39, 0.29) is 12.6 Å². The SMILES string of the molecule is C=C(C)C(=O)OCCOc1ccc2cc(C3CCCCC3)ccc2c1. The number of carbonyl (C=O) groups is 1. The molecule has 0 bridgehead atoms. The molecule has 0 aliphatic heterocycles. The van der Waals surface area contributed by atoms with Crippen molar-refractivity contribution in [3.05, 3.63) is 54.1 Å².